The van der Waals surface area contributed by atoms with Crippen LogP contribution in [0.1, 0.15) is 41.9 Å². The van der Waals surface area contributed by atoms with Crippen molar-refractivity contribution in [3.8, 4) is 17.2 Å². The fourth-order valence-electron chi connectivity index (χ4n) is 4.71. The van der Waals surface area contributed by atoms with Crippen LogP contribution in [0.4, 0.5) is 0 Å². The van der Waals surface area contributed by atoms with Crippen molar-refractivity contribution in [2.75, 3.05) is 27.3 Å². The Kier molecular flexibility index (Phi) is 9.30. The molecule has 0 fully saturated rings. The van der Waals surface area contributed by atoms with Crippen molar-refractivity contribution in [2.24, 2.45) is 0 Å². The lowest BCUT2D eigenvalue weighted by Gasteiger charge is -2.26. The Morgan fingerprint density at radius 1 is 1.02 bits per heavy atom. The van der Waals surface area contributed by atoms with Gasteiger partial charge in [0.15, 0.2) is 11.5 Å². The van der Waals surface area contributed by atoms with Gasteiger partial charge in [0.1, 0.15) is 18.8 Å². The first kappa shape index (κ1) is 28.9. The van der Waals surface area contributed by atoms with E-state index in [9.17, 15) is 19.5 Å². The van der Waals surface area contributed by atoms with Gasteiger partial charge in [-0.3, -0.25) is 14.4 Å². The topological polar surface area (TPSA) is 148 Å². The Balaban J connectivity index is 1.59. The van der Waals surface area contributed by atoms with Crippen LogP contribution in [0.3, 0.4) is 0 Å². The smallest absolute Gasteiger partial charge is 0.322 e. The van der Waals surface area contributed by atoms with Crippen LogP contribution in [0.2, 0.25) is 5.02 Å². The van der Waals surface area contributed by atoms with Crippen LogP contribution >= 0.6 is 11.6 Å². The van der Waals surface area contributed by atoms with E-state index in [0.717, 1.165) is 16.9 Å². The number of carbonyl (C=O) groups is 3. The number of halogens is 1. The Labute approximate surface area is 235 Å². The van der Waals surface area contributed by atoms with Gasteiger partial charge in [0.25, 0.3) is 0 Å². The second-order valence-electron chi connectivity index (χ2n) is 9.13. The molecule has 212 valence electrons. The minimum absolute atomic E-state index is 0.0626. The molecule has 40 heavy (non-hydrogen) atoms. The number of nitrogens with zero attached hydrogens (tertiary/aromatic N) is 1. The van der Waals surface area contributed by atoms with E-state index in [1.165, 1.54) is 0 Å². The highest BCUT2D eigenvalue weighted by Gasteiger charge is 2.34. The van der Waals surface area contributed by atoms with Crippen molar-refractivity contribution in [3.63, 3.8) is 0 Å². The average molecular weight is 572 g/mol. The first-order chi connectivity index (χ1) is 19.2. The highest BCUT2D eigenvalue weighted by atomic mass is 35.5. The molecule has 3 aromatic rings. The van der Waals surface area contributed by atoms with Crippen molar-refractivity contribution >= 4 is 29.4 Å². The summed E-state index contributed by atoms with van der Waals surface area (Å²) in [5, 5.41) is 24.6. The van der Waals surface area contributed by atoms with Gasteiger partial charge in [-0.15, -0.1) is 0 Å². The predicted octanol–water partition coefficient (Wildman–Crippen LogP) is 2.77. The van der Waals surface area contributed by atoms with Crippen molar-refractivity contribution in [3.05, 3.63) is 76.6 Å². The molecule has 1 unspecified atom stereocenters. The monoisotopic (exact) mass is 571 g/mol. The number of rotatable bonds is 11. The molecule has 1 aromatic heterocycles. The zero-order chi connectivity index (χ0) is 28.8. The summed E-state index contributed by atoms with van der Waals surface area (Å²) in [6, 6.07) is 14.7. The number of nitrogens with one attached hydrogen (secondary N) is 2. The van der Waals surface area contributed by atoms with Crippen LogP contribution < -0.4 is 20.1 Å². The number of benzene rings is 2. The summed E-state index contributed by atoms with van der Waals surface area (Å²) in [6.45, 7) is -0.960. The van der Waals surface area contributed by atoms with Gasteiger partial charge in [0.2, 0.25) is 11.8 Å². The second-order valence-corrected chi connectivity index (χ2v) is 9.57. The Bertz CT molecular complexity index is 1390. The molecule has 2 heterocycles. The molecule has 3 atom stereocenters. The first-order valence-electron chi connectivity index (χ1n) is 12.5. The molecule has 0 aliphatic carbocycles. The zero-order valence-electron chi connectivity index (χ0n) is 21.9. The maximum Gasteiger partial charge on any atom is 0.322 e. The van der Waals surface area contributed by atoms with Gasteiger partial charge in [-0.25, -0.2) is 0 Å². The molecular weight excluding hydrogens is 542 g/mol. The fourth-order valence-corrected chi connectivity index (χ4v) is 4.89. The molecule has 11 nitrogen and oxygen atoms in total. The summed E-state index contributed by atoms with van der Waals surface area (Å²) < 4.78 is 19.8. The number of carboxylic acids is 1. The molecule has 2 aromatic carbocycles. The lowest BCUT2D eigenvalue weighted by molar-refractivity contribution is -0.137. The number of aromatic nitrogens is 1. The number of carboxylic acid groups (broad SMARTS) is 1. The predicted molar refractivity (Wildman–Crippen MR) is 145 cm³/mol. The summed E-state index contributed by atoms with van der Waals surface area (Å²) in [5.41, 5.74) is 3.07. The molecule has 1 aliphatic rings. The van der Waals surface area contributed by atoms with Crippen LogP contribution in [0.15, 0.2) is 54.7 Å². The number of aliphatic hydroxyl groups excluding tert-OH is 1. The number of amides is 2. The van der Waals surface area contributed by atoms with E-state index < -0.39 is 49.2 Å². The minimum atomic E-state index is -1.20. The first-order valence-corrected chi connectivity index (χ1v) is 12.9. The summed E-state index contributed by atoms with van der Waals surface area (Å²) in [6.07, 6.45) is -0.774. The molecule has 4 N–H and O–H groups in total. The molecule has 0 saturated carbocycles. The number of hydrogen-bond donors (Lipinski definition) is 4. The van der Waals surface area contributed by atoms with E-state index in [0.29, 0.717) is 22.1 Å². The Morgan fingerprint density at radius 2 is 1.80 bits per heavy atom. The number of para-hydroxylation sites is 1. The Hall–Kier alpha value is -4.06. The summed E-state index contributed by atoms with van der Waals surface area (Å²) >= 11 is 6.42. The van der Waals surface area contributed by atoms with Gasteiger partial charge in [-0.1, -0.05) is 23.7 Å². The fraction of sp³-hybridized carbons (Fsp3) is 0.321. The van der Waals surface area contributed by atoms with E-state index in [1.807, 2.05) is 47.2 Å². The molecule has 1 aliphatic heterocycles. The van der Waals surface area contributed by atoms with E-state index in [2.05, 4.69) is 10.6 Å². The molecule has 2 amide bonds. The lowest BCUT2D eigenvalue weighted by atomic mass is 9.98. The minimum Gasteiger partial charge on any atom is -0.493 e. The standard InChI is InChI=1S/C28H30ClN3O8/c1-38-22-7-3-5-18(28(22)39-2)27-19-11-16(29)8-9-20(19)32-10-4-6-21(32)23(40-27)12-17(33)13-24(34)30-14-25(35)31-15-26(36)37/h3-11,17,23,27,33H,12-15H2,1-2H3,(H,30,34)(H,31,35)(H,36,37)/t17?,23-,27-/m1/s1. The van der Waals surface area contributed by atoms with Crippen LogP contribution in [0.5, 0.6) is 11.5 Å². The summed E-state index contributed by atoms with van der Waals surface area (Å²) in [7, 11) is 3.09. The third-order valence-electron chi connectivity index (χ3n) is 6.45. The van der Waals surface area contributed by atoms with Gasteiger partial charge in [-0.2, -0.15) is 0 Å². The van der Waals surface area contributed by atoms with Crippen molar-refractivity contribution in [1.82, 2.24) is 15.2 Å². The normalized spacial score (nSPS) is 16.6. The number of ether oxygens (including phenoxy) is 3. The van der Waals surface area contributed by atoms with Gasteiger partial charge in [-0.05, 0) is 36.4 Å². The highest BCUT2D eigenvalue weighted by Crippen LogP contribution is 2.46. The molecule has 0 radical (unpaired) electrons. The van der Waals surface area contributed by atoms with Crippen molar-refractivity contribution in [1.29, 1.82) is 0 Å². The van der Waals surface area contributed by atoms with Crippen LogP contribution in [-0.2, 0) is 19.1 Å². The number of fused-ring (bicyclic) bond motifs is 3. The van der Waals surface area contributed by atoms with E-state index in [4.69, 9.17) is 30.9 Å². The number of carbonyl (C=O) groups excluding carboxylic acids is 2. The average Bonchev–Trinajstić information content (AvgIpc) is 3.38. The van der Waals surface area contributed by atoms with Gasteiger partial charge in [0.05, 0.1) is 44.7 Å². The number of methoxy groups -OCH3 is 2. The zero-order valence-corrected chi connectivity index (χ0v) is 22.7. The molecule has 4 rings (SSSR count). The number of hydrogen-bond acceptors (Lipinski definition) is 7. The third-order valence-corrected chi connectivity index (χ3v) is 6.68. The maximum atomic E-state index is 12.4. The highest BCUT2D eigenvalue weighted by molar-refractivity contribution is 6.30. The summed E-state index contributed by atoms with van der Waals surface area (Å²) in [4.78, 5) is 34.7. The SMILES string of the molecule is COc1cccc([C@H]2O[C@H](CC(O)CC(=O)NCC(=O)NCC(=O)O)c3cccn3-c3ccc(Cl)cc32)c1OC. The quantitative estimate of drug-likeness (QED) is 0.275. The largest absolute Gasteiger partial charge is 0.493 e. The van der Waals surface area contributed by atoms with Gasteiger partial charge < -0.3 is 39.6 Å². The Morgan fingerprint density at radius 3 is 2.52 bits per heavy atom. The second kappa shape index (κ2) is 12.9. The molecule has 0 saturated heterocycles. The molecular formula is C28H30ClN3O8. The van der Waals surface area contributed by atoms with Crippen LogP contribution in [-0.4, -0.2) is 66.0 Å². The van der Waals surface area contributed by atoms with Crippen molar-refractivity contribution < 1.29 is 38.8 Å². The van der Waals surface area contributed by atoms with Crippen LogP contribution in [0.25, 0.3) is 5.69 Å². The molecule has 0 bridgehead atoms. The van der Waals surface area contributed by atoms with E-state index >= 15 is 0 Å². The summed E-state index contributed by atoms with van der Waals surface area (Å²) in [5.74, 6) is -1.40. The lowest BCUT2D eigenvalue weighted by Crippen LogP contribution is -2.39. The molecule has 0 spiro atoms. The maximum absolute atomic E-state index is 12.4. The number of aliphatic carboxylic acids is 1. The van der Waals surface area contributed by atoms with Gasteiger partial charge in [0, 0.05) is 28.8 Å². The van der Waals surface area contributed by atoms with Gasteiger partial charge >= 0.3 is 5.97 Å². The van der Waals surface area contributed by atoms with E-state index in [-0.39, 0.29) is 12.8 Å². The van der Waals surface area contributed by atoms with Crippen molar-refractivity contribution in [2.45, 2.75) is 31.2 Å². The third kappa shape index (κ3) is 6.56. The molecule has 12 heteroatoms. The number of aliphatic hydroxyl groups is 1. The van der Waals surface area contributed by atoms with Crippen LogP contribution in [0, 0.1) is 0 Å². The van der Waals surface area contributed by atoms with E-state index in [1.54, 1.807) is 26.4 Å².